The summed E-state index contributed by atoms with van der Waals surface area (Å²) in [5.41, 5.74) is 1.63. The zero-order valence-electron chi connectivity index (χ0n) is 15.1. The molecule has 25 heavy (non-hydrogen) atoms. The van der Waals surface area contributed by atoms with Gasteiger partial charge in [-0.1, -0.05) is 18.2 Å². The van der Waals surface area contributed by atoms with E-state index < -0.39 is 0 Å². The van der Waals surface area contributed by atoms with Crippen LogP contribution in [-0.2, 0) is 0 Å². The minimum absolute atomic E-state index is 0.135. The number of rotatable bonds is 8. The molecule has 0 aliphatic carbocycles. The molecule has 0 aliphatic rings. The summed E-state index contributed by atoms with van der Waals surface area (Å²) in [5, 5.41) is 0. The highest BCUT2D eigenvalue weighted by atomic mass is 79.9. The van der Waals surface area contributed by atoms with Gasteiger partial charge in [-0.25, -0.2) is 9.98 Å². The number of aliphatic imine (C=N–C) groups is 1. The second-order valence-electron chi connectivity index (χ2n) is 5.75. The number of ether oxygens (including phenoxy) is 2. The smallest absolute Gasteiger partial charge is 0.228 e. The normalized spacial score (nSPS) is 12.2. The molecule has 2 rings (SSSR count). The van der Waals surface area contributed by atoms with E-state index in [0.717, 1.165) is 28.1 Å². The van der Waals surface area contributed by atoms with Crippen LogP contribution >= 0.6 is 15.9 Å². The molecule has 2 aromatic rings. The van der Waals surface area contributed by atoms with Gasteiger partial charge in [-0.2, -0.15) is 0 Å². The molecule has 0 saturated carbocycles. The van der Waals surface area contributed by atoms with E-state index in [1.807, 2.05) is 62.2 Å². The highest BCUT2D eigenvalue weighted by molar-refractivity contribution is 9.10. The fraction of sp³-hybridized carbons (Fsp3) is 0.368. The molecule has 1 unspecified atom stereocenters. The second kappa shape index (κ2) is 9.42. The maximum atomic E-state index is 5.90. The monoisotopic (exact) mass is 405 g/mol. The second-order valence-corrected chi connectivity index (χ2v) is 6.60. The lowest BCUT2D eigenvalue weighted by molar-refractivity contribution is 0.137. The molecule has 0 N–H and O–H groups in total. The first-order chi connectivity index (χ1) is 12.0. The Bertz CT molecular complexity index is 707. The summed E-state index contributed by atoms with van der Waals surface area (Å²) in [4.78, 5) is 11.0. The standard InChI is InChI=1S/C19H24BrN3O2/c1-5-23(4)13-21-18-11-17(20)19(22-15(18)3)25-14(2)12-24-16-9-7-6-8-10-16/h6-11,13-14H,5,12H2,1-4H3/b21-13-. The van der Waals surface area contributed by atoms with Gasteiger partial charge in [-0.15, -0.1) is 0 Å². The molecule has 1 heterocycles. The quantitative estimate of drug-likeness (QED) is 0.475. The highest BCUT2D eigenvalue weighted by Crippen LogP contribution is 2.30. The molecule has 0 amide bonds. The summed E-state index contributed by atoms with van der Waals surface area (Å²) in [6.45, 7) is 7.29. The summed E-state index contributed by atoms with van der Waals surface area (Å²) < 4.78 is 12.4. The van der Waals surface area contributed by atoms with Gasteiger partial charge in [-0.3, -0.25) is 0 Å². The van der Waals surface area contributed by atoms with Crippen LogP contribution in [0.4, 0.5) is 5.69 Å². The Labute approximate surface area is 157 Å². The van der Waals surface area contributed by atoms with Crippen LogP contribution in [0.5, 0.6) is 11.6 Å². The van der Waals surface area contributed by atoms with E-state index in [2.05, 4.69) is 32.8 Å². The zero-order chi connectivity index (χ0) is 18.2. The maximum Gasteiger partial charge on any atom is 0.228 e. The van der Waals surface area contributed by atoms with Crippen LogP contribution in [0, 0.1) is 6.92 Å². The van der Waals surface area contributed by atoms with Crippen LogP contribution in [-0.4, -0.2) is 42.5 Å². The zero-order valence-corrected chi connectivity index (χ0v) is 16.7. The van der Waals surface area contributed by atoms with Crippen LogP contribution in [0.1, 0.15) is 19.5 Å². The SMILES string of the molecule is CCN(C)/C=N\c1cc(Br)c(OC(C)COc2ccccc2)nc1C. The molecular formula is C19H24BrN3O2. The Morgan fingerprint density at radius 1 is 1.32 bits per heavy atom. The lowest BCUT2D eigenvalue weighted by Gasteiger charge is -2.17. The molecule has 0 radical (unpaired) electrons. The van der Waals surface area contributed by atoms with Gasteiger partial charge in [0.1, 0.15) is 18.5 Å². The van der Waals surface area contributed by atoms with Crippen LogP contribution in [0.3, 0.4) is 0 Å². The average Bonchev–Trinajstić information content (AvgIpc) is 2.62. The van der Waals surface area contributed by atoms with E-state index in [9.17, 15) is 0 Å². The number of pyridine rings is 1. The molecule has 0 bridgehead atoms. The fourth-order valence-corrected chi connectivity index (χ4v) is 2.36. The molecule has 1 atom stereocenters. The van der Waals surface area contributed by atoms with Crippen molar-refractivity contribution in [1.82, 2.24) is 9.88 Å². The van der Waals surface area contributed by atoms with E-state index >= 15 is 0 Å². The van der Waals surface area contributed by atoms with Crippen LogP contribution in [0.25, 0.3) is 0 Å². The maximum absolute atomic E-state index is 5.90. The fourth-order valence-electron chi connectivity index (χ4n) is 1.96. The van der Waals surface area contributed by atoms with Gasteiger partial charge in [0, 0.05) is 13.6 Å². The number of benzene rings is 1. The molecule has 6 heteroatoms. The lowest BCUT2D eigenvalue weighted by atomic mass is 10.3. The first kappa shape index (κ1) is 19.2. The van der Waals surface area contributed by atoms with E-state index in [0.29, 0.717) is 12.5 Å². The summed E-state index contributed by atoms with van der Waals surface area (Å²) in [5.74, 6) is 1.37. The Balaban J connectivity index is 1.99. The Morgan fingerprint density at radius 2 is 2.04 bits per heavy atom. The summed E-state index contributed by atoms with van der Waals surface area (Å²) in [6, 6.07) is 11.6. The average molecular weight is 406 g/mol. The van der Waals surface area contributed by atoms with Crippen molar-refractivity contribution >= 4 is 28.0 Å². The van der Waals surface area contributed by atoms with Crippen molar-refractivity contribution in [2.75, 3.05) is 20.2 Å². The molecule has 1 aromatic carbocycles. The van der Waals surface area contributed by atoms with Crippen LogP contribution < -0.4 is 9.47 Å². The Hall–Kier alpha value is -2.08. The predicted molar refractivity (Wildman–Crippen MR) is 105 cm³/mol. The minimum atomic E-state index is -0.135. The number of hydrogen-bond acceptors (Lipinski definition) is 4. The predicted octanol–water partition coefficient (Wildman–Crippen LogP) is 4.61. The van der Waals surface area contributed by atoms with Crippen molar-refractivity contribution in [3.8, 4) is 11.6 Å². The van der Waals surface area contributed by atoms with Gasteiger partial charge in [0.15, 0.2) is 0 Å². The third-order valence-electron chi connectivity index (χ3n) is 3.54. The number of halogens is 1. The molecule has 0 fully saturated rings. The van der Waals surface area contributed by atoms with Crippen molar-refractivity contribution in [3.63, 3.8) is 0 Å². The third-order valence-corrected chi connectivity index (χ3v) is 4.11. The topological polar surface area (TPSA) is 47.0 Å². The Kier molecular flexibility index (Phi) is 7.25. The molecule has 1 aromatic heterocycles. The van der Waals surface area contributed by atoms with Gasteiger partial charge in [-0.05, 0) is 54.9 Å². The van der Waals surface area contributed by atoms with Crippen molar-refractivity contribution in [2.45, 2.75) is 26.9 Å². The van der Waals surface area contributed by atoms with E-state index in [4.69, 9.17) is 9.47 Å². The van der Waals surface area contributed by atoms with Crippen LogP contribution in [0.15, 0.2) is 45.9 Å². The first-order valence-corrected chi connectivity index (χ1v) is 9.05. The molecule has 0 saturated heterocycles. The number of aromatic nitrogens is 1. The molecule has 0 aliphatic heterocycles. The molecule has 0 spiro atoms. The van der Waals surface area contributed by atoms with Gasteiger partial charge in [0.2, 0.25) is 5.88 Å². The van der Waals surface area contributed by atoms with Gasteiger partial charge in [0.25, 0.3) is 0 Å². The highest BCUT2D eigenvalue weighted by Gasteiger charge is 2.12. The third kappa shape index (κ3) is 6.05. The molecule has 134 valence electrons. The molecule has 5 nitrogen and oxygen atoms in total. The van der Waals surface area contributed by atoms with Crippen molar-refractivity contribution < 1.29 is 9.47 Å². The van der Waals surface area contributed by atoms with Crippen LogP contribution in [0.2, 0.25) is 0 Å². The van der Waals surface area contributed by atoms with Crippen molar-refractivity contribution in [2.24, 2.45) is 4.99 Å². The van der Waals surface area contributed by atoms with E-state index in [1.165, 1.54) is 0 Å². The first-order valence-electron chi connectivity index (χ1n) is 8.25. The lowest BCUT2D eigenvalue weighted by Crippen LogP contribution is -2.21. The summed E-state index contributed by atoms with van der Waals surface area (Å²) >= 11 is 3.51. The molecular weight excluding hydrogens is 382 g/mol. The van der Waals surface area contributed by atoms with E-state index in [-0.39, 0.29) is 6.10 Å². The number of hydrogen-bond donors (Lipinski definition) is 0. The van der Waals surface area contributed by atoms with Gasteiger partial charge >= 0.3 is 0 Å². The summed E-state index contributed by atoms with van der Waals surface area (Å²) in [7, 11) is 1.98. The largest absolute Gasteiger partial charge is 0.490 e. The van der Waals surface area contributed by atoms with E-state index in [1.54, 1.807) is 6.34 Å². The van der Waals surface area contributed by atoms with Gasteiger partial charge in [0.05, 0.1) is 22.2 Å². The Morgan fingerprint density at radius 3 is 2.72 bits per heavy atom. The van der Waals surface area contributed by atoms with Crippen molar-refractivity contribution in [3.05, 3.63) is 46.6 Å². The minimum Gasteiger partial charge on any atom is -0.490 e. The summed E-state index contributed by atoms with van der Waals surface area (Å²) in [6.07, 6.45) is 1.66. The number of aryl methyl sites for hydroxylation is 1. The number of nitrogens with zero attached hydrogens (tertiary/aromatic N) is 3. The van der Waals surface area contributed by atoms with Crippen molar-refractivity contribution in [1.29, 1.82) is 0 Å². The van der Waals surface area contributed by atoms with Gasteiger partial charge < -0.3 is 14.4 Å². The number of para-hydroxylation sites is 1.